The second kappa shape index (κ2) is 4.03. The van der Waals surface area contributed by atoms with Gasteiger partial charge in [0.2, 0.25) is 5.91 Å². The third-order valence-corrected chi connectivity index (χ3v) is 4.63. The first-order chi connectivity index (χ1) is 7.08. The summed E-state index contributed by atoms with van der Waals surface area (Å²) in [6.07, 6.45) is 0.788. The van der Waals surface area contributed by atoms with Crippen LogP contribution in [-0.2, 0) is 28.8 Å². The van der Waals surface area contributed by atoms with Crippen LogP contribution in [0.3, 0.4) is 0 Å². The van der Waals surface area contributed by atoms with Gasteiger partial charge in [-0.25, -0.2) is 4.21 Å². The van der Waals surface area contributed by atoms with Crippen LogP contribution in [0.25, 0.3) is 0 Å². The third kappa shape index (κ3) is 2.11. The summed E-state index contributed by atoms with van der Waals surface area (Å²) in [6.45, 7) is 2.82. The Morgan fingerprint density at radius 2 is 2.40 bits per heavy atom. The molecule has 0 fully saturated rings. The topological polar surface area (TPSA) is 57.6 Å². The zero-order valence-electron chi connectivity index (χ0n) is 8.23. The molecule has 2 rings (SSSR count). The van der Waals surface area contributed by atoms with Gasteiger partial charge in [0.25, 0.3) is 0 Å². The van der Waals surface area contributed by atoms with Gasteiger partial charge < -0.3 is 9.45 Å². The normalized spacial score (nSPS) is 17.3. The highest BCUT2D eigenvalue weighted by Gasteiger charge is 2.21. The first kappa shape index (κ1) is 10.8. The maximum absolute atomic E-state index is 11.2. The van der Waals surface area contributed by atoms with E-state index in [1.807, 2.05) is 0 Å². The van der Waals surface area contributed by atoms with Crippen LogP contribution in [0.15, 0.2) is 10.3 Å². The molecule has 1 amide bonds. The van der Waals surface area contributed by atoms with Gasteiger partial charge in [0, 0.05) is 24.9 Å². The molecule has 4 nitrogen and oxygen atoms in total. The summed E-state index contributed by atoms with van der Waals surface area (Å²) < 4.78 is 20.3. The van der Waals surface area contributed by atoms with E-state index in [9.17, 15) is 9.00 Å². The van der Waals surface area contributed by atoms with Crippen molar-refractivity contribution < 1.29 is 13.6 Å². The molecule has 0 spiro atoms. The number of carbonyl (C=O) groups is 1. The molecule has 1 atom stereocenters. The number of thiophene rings is 1. The Kier molecular flexibility index (Phi) is 2.90. The summed E-state index contributed by atoms with van der Waals surface area (Å²) in [7, 11) is 0. The van der Waals surface area contributed by atoms with Crippen molar-refractivity contribution in [3.63, 3.8) is 0 Å². The number of hydrogen-bond acceptors (Lipinski definition) is 3. The fourth-order valence-corrected chi connectivity index (χ4v) is 3.38. The molecule has 2 heterocycles. The summed E-state index contributed by atoms with van der Waals surface area (Å²) in [4.78, 5) is 14.0. The second-order valence-corrected chi connectivity index (χ2v) is 5.79. The Bertz CT molecular complexity index is 427. The first-order valence-corrected chi connectivity index (χ1v) is 6.48. The summed E-state index contributed by atoms with van der Waals surface area (Å²) in [5, 5.41) is 0. The highest BCUT2D eigenvalue weighted by Crippen LogP contribution is 2.29. The largest absolute Gasteiger partial charge is 0.338 e. The lowest BCUT2D eigenvalue weighted by atomic mass is 10.1. The zero-order valence-corrected chi connectivity index (χ0v) is 9.86. The van der Waals surface area contributed by atoms with Crippen LogP contribution in [0, 0.1) is 0 Å². The van der Waals surface area contributed by atoms with E-state index in [1.54, 1.807) is 17.9 Å². The molecule has 0 aliphatic carbocycles. The van der Waals surface area contributed by atoms with Crippen molar-refractivity contribution in [1.29, 1.82) is 0 Å². The number of nitrogens with zero attached hydrogens (tertiary/aromatic N) is 1. The van der Waals surface area contributed by atoms with E-state index in [4.69, 9.17) is 4.55 Å². The molecule has 1 aromatic heterocycles. The lowest BCUT2D eigenvalue weighted by molar-refractivity contribution is -0.129. The molecule has 1 aromatic rings. The Labute approximate surface area is 94.2 Å². The van der Waals surface area contributed by atoms with E-state index >= 15 is 0 Å². The molecular weight excluding hydrogens is 234 g/mol. The van der Waals surface area contributed by atoms with Crippen LogP contribution in [0.1, 0.15) is 17.4 Å². The molecule has 0 saturated carbocycles. The third-order valence-electron chi connectivity index (χ3n) is 2.46. The molecule has 15 heavy (non-hydrogen) atoms. The molecule has 1 N–H and O–H groups in total. The van der Waals surface area contributed by atoms with Gasteiger partial charge in [-0.05, 0) is 18.1 Å². The maximum atomic E-state index is 11.2. The number of fused-ring (bicyclic) bond motifs is 1. The fourth-order valence-electron chi connectivity index (χ4n) is 1.66. The minimum atomic E-state index is -1.90. The minimum absolute atomic E-state index is 0.0542. The SMILES string of the molecule is CC(=O)N1CCc2sc(S(=O)O)cc2C1. The number of amides is 1. The van der Waals surface area contributed by atoms with Gasteiger partial charge in [0.15, 0.2) is 11.1 Å². The van der Waals surface area contributed by atoms with Crippen LogP contribution < -0.4 is 0 Å². The van der Waals surface area contributed by atoms with Gasteiger partial charge in [-0.2, -0.15) is 0 Å². The maximum Gasteiger partial charge on any atom is 0.219 e. The number of hydrogen-bond donors (Lipinski definition) is 1. The summed E-state index contributed by atoms with van der Waals surface area (Å²) >= 11 is -0.532. The molecule has 0 radical (unpaired) electrons. The molecule has 1 aliphatic rings. The minimum Gasteiger partial charge on any atom is -0.338 e. The van der Waals surface area contributed by atoms with Gasteiger partial charge in [-0.1, -0.05) is 0 Å². The van der Waals surface area contributed by atoms with Crippen LogP contribution in [-0.4, -0.2) is 26.1 Å². The second-order valence-electron chi connectivity index (χ2n) is 3.45. The van der Waals surface area contributed by atoms with Crippen molar-refractivity contribution in [3.05, 3.63) is 16.5 Å². The first-order valence-electron chi connectivity index (χ1n) is 4.56. The Morgan fingerprint density at radius 1 is 1.67 bits per heavy atom. The molecular formula is C9H11NO3S2. The van der Waals surface area contributed by atoms with Crippen LogP contribution in [0.4, 0.5) is 0 Å². The van der Waals surface area contributed by atoms with E-state index in [1.165, 1.54) is 11.3 Å². The summed E-state index contributed by atoms with van der Waals surface area (Å²) in [5.74, 6) is 0.0542. The van der Waals surface area contributed by atoms with E-state index < -0.39 is 11.1 Å². The van der Waals surface area contributed by atoms with Gasteiger partial charge >= 0.3 is 0 Å². The lowest BCUT2D eigenvalue weighted by Crippen LogP contribution is -2.33. The predicted molar refractivity (Wildman–Crippen MR) is 58.2 cm³/mol. The molecule has 1 unspecified atom stereocenters. The number of rotatable bonds is 1. The van der Waals surface area contributed by atoms with Crippen molar-refractivity contribution in [2.45, 2.75) is 24.1 Å². The van der Waals surface area contributed by atoms with E-state index in [2.05, 4.69) is 0 Å². The smallest absolute Gasteiger partial charge is 0.219 e. The van der Waals surface area contributed by atoms with Crippen molar-refractivity contribution >= 4 is 28.3 Å². The quantitative estimate of drug-likeness (QED) is 0.757. The highest BCUT2D eigenvalue weighted by molar-refractivity contribution is 7.81. The molecule has 1 aliphatic heterocycles. The van der Waals surface area contributed by atoms with Gasteiger partial charge in [-0.3, -0.25) is 4.79 Å². The lowest BCUT2D eigenvalue weighted by Gasteiger charge is -2.25. The van der Waals surface area contributed by atoms with Crippen LogP contribution in [0.2, 0.25) is 0 Å². The Hall–Kier alpha value is -0.720. The molecule has 0 bridgehead atoms. The van der Waals surface area contributed by atoms with Crippen molar-refractivity contribution in [2.75, 3.05) is 6.54 Å². The van der Waals surface area contributed by atoms with Gasteiger partial charge in [0.05, 0.1) is 0 Å². The zero-order chi connectivity index (χ0) is 11.0. The molecule has 0 saturated heterocycles. The van der Waals surface area contributed by atoms with E-state index in [0.29, 0.717) is 17.3 Å². The fraction of sp³-hybridized carbons (Fsp3) is 0.444. The average molecular weight is 245 g/mol. The van der Waals surface area contributed by atoms with E-state index in [0.717, 1.165) is 16.9 Å². The van der Waals surface area contributed by atoms with E-state index in [-0.39, 0.29) is 5.91 Å². The Balaban J connectivity index is 2.26. The molecule has 6 heteroatoms. The van der Waals surface area contributed by atoms with Crippen LogP contribution in [0.5, 0.6) is 0 Å². The summed E-state index contributed by atoms with van der Waals surface area (Å²) in [6, 6.07) is 1.73. The average Bonchev–Trinajstić information content (AvgIpc) is 2.59. The Morgan fingerprint density at radius 3 is 3.00 bits per heavy atom. The van der Waals surface area contributed by atoms with Crippen molar-refractivity contribution in [3.8, 4) is 0 Å². The van der Waals surface area contributed by atoms with Crippen LogP contribution >= 0.6 is 11.3 Å². The predicted octanol–water partition coefficient (Wildman–Crippen LogP) is 1.23. The standard InChI is InChI=1S/C9H11NO3S2/c1-6(11)10-3-2-8-7(5-10)4-9(14-8)15(12)13/h4H,2-3,5H2,1H3,(H,12,13). The highest BCUT2D eigenvalue weighted by atomic mass is 32.2. The van der Waals surface area contributed by atoms with Crippen molar-refractivity contribution in [1.82, 2.24) is 4.90 Å². The monoisotopic (exact) mass is 245 g/mol. The summed E-state index contributed by atoms with van der Waals surface area (Å²) in [5.41, 5.74) is 1.01. The number of carbonyl (C=O) groups excluding carboxylic acids is 1. The van der Waals surface area contributed by atoms with Crippen molar-refractivity contribution in [2.24, 2.45) is 0 Å². The van der Waals surface area contributed by atoms with Gasteiger partial charge in [-0.15, -0.1) is 11.3 Å². The molecule has 0 aromatic carbocycles. The molecule has 82 valence electrons. The van der Waals surface area contributed by atoms with Gasteiger partial charge in [0.1, 0.15) is 4.21 Å².